The molecule has 3 rings (SSSR count). The quantitative estimate of drug-likeness (QED) is 0.716. The molecule has 0 heterocycles. The molecule has 2 aliphatic carbocycles. The molecule has 0 spiro atoms. The van der Waals surface area contributed by atoms with Crippen LogP contribution in [-0.2, 0) is 4.79 Å². The van der Waals surface area contributed by atoms with Crippen molar-refractivity contribution in [1.82, 2.24) is 0 Å². The number of carbonyl (C=O) groups excluding carboxylic acids is 1. The third-order valence-electron chi connectivity index (χ3n) is 4.36. The Morgan fingerprint density at radius 1 is 1.24 bits per heavy atom. The number of fused-ring (bicyclic) bond motifs is 1. The van der Waals surface area contributed by atoms with E-state index in [1.165, 1.54) is 5.56 Å². The van der Waals surface area contributed by atoms with Crippen LogP contribution in [0.25, 0.3) is 0 Å². The highest BCUT2D eigenvalue weighted by molar-refractivity contribution is 5.82. The second kappa shape index (κ2) is 4.29. The number of ketones is 1. The van der Waals surface area contributed by atoms with Gasteiger partial charge in [-0.25, -0.2) is 0 Å². The van der Waals surface area contributed by atoms with Crippen molar-refractivity contribution >= 4 is 5.78 Å². The summed E-state index contributed by atoms with van der Waals surface area (Å²) in [6.45, 7) is 2.17. The van der Waals surface area contributed by atoms with Gasteiger partial charge < -0.3 is 0 Å². The lowest BCUT2D eigenvalue weighted by molar-refractivity contribution is -0.127. The normalized spacial score (nSPS) is 42.1. The van der Waals surface area contributed by atoms with Crippen LogP contribution in [0.2, 0.25) is 0 Å². The fourth-order valence-electron chi connectivity index (χ4n) is 3.60. The number of rotatable bonds is 1. The Hall–Kier alpha value is -1.11. The number of Topliss-reactive ketones (excluding diaryl/α,β-unsaturated/α-hetero) is 1. The van der Waals surface area contributed by atoms with Crippen molar-refractivity contribution in [2.45, 2.75) is 38.5 Å². The predicted molar refractivity (Wildman–Crippen MR) is 68.8 cm³/mol. The van der Waals surface area contributed by atoms with E-state index < -0.39 is 0 Å². The largest absolute Gasteiger partial charge is 0.299 e. The zero-order valence-corrected chi connectivity index (χ0v) is 10.3. The molecular formula is C16H20O. The van der Waals surface area contributed by atoms with Crippen LogP contribution in [0.5, 0.6) is 0 Å². The van der Waals surface area contributed by atoms with Gasteiger partial charge in [-0.1, -0.05) is 37.3 Å². The first kappa shape index (κ1) is 9.87. The van der Waals surface area contributed by atoms with Crippen LogP contribution in [-0.4, -0.2) is 5.78 Å². The highest BCUT2D eigenvalue weighted by Crippen LogP contribution is 2.48. The summed E-state index contributed by atoms with van der Waals surface area (Å²) in [7, 11) is 0. The Bertz CT molecular complexity index is 442. The first-order valence-corrected chi connectivity index (χ1v) is 6.66. The maximum absolute atomic E-state index is 12.2. The van der Waals surface area contributed by atoms with Gasteiger partial charge in [0.15, 0.2) is 0 Å². The number of hydrogen-bond acceptors (Lipinski definition) is 1. The highest BCUT2D eigenvalue weighted by atomic mass is 16.1. The van der Waals surface area contributed by atoms with Gasteiger partial charge >= 0.3 is 0 Å². The fourth-order valence-corrected chi connectivity index (χ4v) is 3.60. The average Bonchev–Trinajstić information content (AvgIpc) is 2.67. The van der Waals surface area contributed by atoms with Crippen molar-refractivity contribution in [2.75, 3.05) is 0 Å². The molecule has 0 radical (unpaired) electrons. The van der Waals surface area contributed by atoms with Gasteiger partial charge in [0, 0.05) is 13.7 Å². The van der Waals surface area contributed by atoms with Crippen LogP contribution in [0.4, 0.5) is 0 Å². The molecule has 0 aliphatic heterocycles. The third-order valence-corrected chi connectivity index (χ3v) is 4.36. The van der Waals surface area contributed by atoms with Crippen LogP contribution < -0.4 is 0 Å². The summed E-state index contributed by atoms with van der Waals surface area (Å²) >= 11 is 0. The number of hydrogen-bond donors (Lipinski definition) is 0. The molecular weight excluding hydrogens is 208 g/mol. The third kappa shape index (κ3) is 2.03. The van der Waals surface area contributed by atoms with Gasteiger partial charge in [-0.3, -0.25) is 4.79 Å². The Balaban J connectivity index is 1.87. The summed E-state index contributed by atoms with van der Waals surface area (Å²) in [5.41, 5.74) is 1.24. The van der Waals surface area contributed by atoms with Gasteiger partial charge in [0.05, 0.1) is 0 Å². The second-order valence-electron chi connectivity index (χ2n) is 5.74. The smallest absolute Gasteiger partial charge is 0.136 e. The van der Waals surface area contributed by atoms with Gasteiger partial charge in [-0.2, -0.15) is 0 Å². The summed E-state index contributed by atoms with van der Waals surface area (Å²) in [6.07, 6.45) is 2.63. The van der Waals surface area contributed by atoms with Crippen molar-refractivity contribution in [3.63, 3.8) is 0 Å². The van der Waals surface area contributed by atoms with Crippen molar-refractivity contribution in [2.24, 2.45) is 17.8 Å². The van der Waals surface area contributed by atoms with Gasteiger partial charge in [0.1, 0.15) is 5.78 Å². The Morgan fingerprint density at radius 2 is 2.00 bits per heavy atom. The molecule has 2 saturated carbocycles. The molecule has 1 nitrogen and oxygen atoms in total. The molecule has 17 heavy (non-hydrogen) atoms. The molecule has 0 aromatic heterocycles. The van der Waals surface area contributed by atoms with E-state index in [1.54, 1.807) is 0 Å². The van der Waals surface area contributed by atoms with E-state index in [4.69, 9.17) is 1.37 Å². The van der Waals surface area contributed by atoms with Crippen molar-refractivity contribution in [1.29, 1.82) is 0 Å². The minimum absolute atomic E-state index is 0.00593. The van der Waals surface area contributed by atoms with Crippen LogP contribution in [0.1, 0.15) is 45.4 Å². The molecule has 1 aromatic carbocycles. The van der Waals surface area contributed by atoms with Crippen LogP contribution in [0.15, 0.2) is 30.3 Å². The molecule has 5 atom stereocenters. The maximum atomic E-state index is 12.2. The molecule has 1 heteroatoms. The lowest BCUT2D eigenvalue weighted by Crippen LogP contribution is -2.28. The van der Waals surface area contributed by atoms with Crippen molar-refractivity contribution in [3.8, 4) is 0 Å². The Labute approximate surface area is 105 Å². The van der Waals surface area contributed by atoms with E-state index in [-0.39, 0.29) is 18.2 Å². The summed E-state index contributed by atoms with van der Waals surface area (Å²) in [4.78, 5) is 12.2. The number of benzene rings is 1. The first-order valence-electron chi connectivity index (χ1n) is 7.24. The molecule has 0 unspecified atom stereocenters. The second-order valence-corrected chi connectivity index (χ2v) is 5.74. The molecule has 0 N–H and O–H groups in total. The van der Waals surface area contributed by atoms with Crippen molar-refractivity contribution < 1.29 is 6.17 Å². The van der Waals surface area contributed by atoms with E-state index in [0.717, 1.165) is 12.8 Å². The lowest BCUT2D eigenvalue weighted by Gasteiger charge is -2.28. The van der Waals surface area contributed by atoms with Gasteiger partial charge in [0.25, 0.3) is 0 Å². The minimum atomic E-state index is -0.225. The monoisotopic (exact) mass is 229 g/mol. The Morgan fingerprint density at radius 3 is 2.76 bits per heavy atom. The molecule has 2 aliphatic rings. The molecule has 90 valence electrons. The first-order chi connectivity index (χ1) is 8.66. The van der Waals surface area contributed by atoms with Crippen LogP contribution in [0, 0.1) is 17.8 Å². The zero-order chi connectivity index (χ0) is 12.7. The number of carbonyl (C=O) groups is 1. The summed E-state index contributed by atoms with van der Waals surface area (Å²) < 4.78 is 8.43. The highest BCUT2D eigenvalue weighted by Gasteiger charge is 2.42. The topological polar surface area (TPSA) is 17.1 Å². The average molecular weight is 229 g/mol. The maximum Gasteiger partial charge on any atom is 0.136 e. The molecule has 0 amide bonds. The van der Waals surface area contributed by atoms with Gasteiger partial charge in [0.2, 0.25) is 0 Å². The minimum Gasteiger partial charge on any atom is -0.299 e. The Kier molecular flexibility index (Phi) is 2.49. The zero-order valence-electron chi connectivity index (χ0n) is 11.3. The molecule has 0 bridgehead atoms. The fraction of sp³-hybridized carbons (Fsp3) is 0.562. The van der Waals surface area contributed by atoms with Crippen molar-refractivity contribution in [3.05, 3.63) is 35.9 Å². The summed E-state index contributed by atoms with van der Waals surface area (Å²) in [6, 6.07) is 10.3. The SMILES string of the molecule is [2H][C@H]1[C@@H]2C(=O)C[C@H](C)C[C@H]2C[C@H]1c1ccccc1. The van der Waals surface area contributed by atoms with Gasteiger partial charge in [-0.05, 0) is 42.6 Å². The van der Waals surface area contributed by atoms with E-state index in [9.17, 15) is 4.79 Å². The lowest BCUT2D eigenvalue weighted by atomic mass is 9.76. The van der Waals surface area contributed by atoms with E-state index in [2.05, 4.69) is 19.1 Å². The standard InChI is InChI=1S/C16H20O/c1-11-7-14-9-13(10-15(14)16(17)8-11)12-5-3-2-4-6-12/h2-6,11,13-15H,7-10H2,1H3/t11-,13-,14+,15+/m1/s1/i10D/t10-,11-,13-,14+,15+. The molecule has 1 aromatic rings. The predicted octanol–water partition coefficient (Wildman–Crippen LogP) is 3.80. The summed E-state index contributed by atoms with van der Waals surface area (Å²) in [5, 5.41) is 0. The molecule has 0 saturated heterocycles. The van der Waals surface area contributed by atoms with Gasteiger partial charge in [-0.15, -0.1) is 0 Å². The van der Waals surface area contributed by atoms with E-state index in [0.29, 0.717) is 24.0 Å². The molecule has 2 fully saturated rings. The van der Waals surface area contributed by atoms with E-state index >= 15 is 0 Å². The van der Waals surface area contributed by atoms with Crippen LogP contribution in [0.3, 0.4) is 0 Å². The van der Waals surface area contributed by atoms with E-state index in [1.807, 2.05) is 18.2 Å². The summed E-state index contributed by atoms with van der Waals surface area (Å²) in [5.74, 6) is 1.58. The van der Waals surface area contributed by atoms with Crippen LogP contribution >= 0.6 is 0 Å².